The summed E-state index contributed by atoms with van der Waals surface area (Å²) in [4.78, 5) is 27.3. The number of benzene rings is 2. The van der Waals surface area contributed by atoms with Crippen molar-refractivity contribution >= 4 is 34.6 Å². The van der Waals surface area contributed by atoms with Crippen molar-refractivity contribution < 1.29 is 14.5 Å². The van der Waals surface area contributed by atoms with Crippen molar-refractivity contribution in [1.82, 2.24) is 4.90 Å². The number of nitrogens with zero attached hydrogens (tertiary/aromatic N) is 3. The summed E-state index contributed by atoms with van der Waals surface area (Å²) >= 11 is 6.12. The molecule has 0 spiro atoms. The number of hydrogen-bond acceptors (Lipinski definition) is 6. The van der Waals surface area contributed by atoms with Gasteiger partial charge in [0, 0.05) is 49.0 Å². The van der Waals surface area contributed by atoms with Crippen LogP contribution in [0.2, 0.25) is 5.02 Å². The van der Waals surface area contributed by atoms with Crippen LogP contribution in [0.5, 0.6) is 5.75 Å². The molecule has 0 bridgehead atoms. The molecule has 2 aromatic carbocycles. The Balaban J connectivity index is 1.58. The Morgan fingerprint density at radius 3 is 2.59 bits per heavy atom. The van der Waals surface area contributed by atoms with Crippen LogP contribution in [0.1, 0.15) is 5.56 Å². The minimum absolute atomic E-state index is 0.105. The van der Waals surface area contributed by atoms with Crippen molar-refractivity contribution in [3.8, 4) is 5.75 Å². The van der Waals surface area contributed by atoms with Gasteiger partial charge in [-0.2, -0.15) is 0 Å². The van der Waals surface area contributed by atoms with Crippen LogP contribution in [0.3, 0.4) is 0 Å². The van der Waals surface area contributed by atoms with E-state index < -0.39 is 4.92 Å². The summed E-state index contributed by atoms with van der Waals surface area (Å²) in [6.45, 7) is 5.28. The second-order valence-electron chi connectivity index (χ2n) is 6.88. The van der Waals surface area contributed by atoms with Crippen molar-refractivity contribution in [3.63, 3.8) is 0 Å². The van der Waals surface area contributed by atoms with E-state index in [1.807, 2.05) is 18.2 Å². The summed E-state index contributed by atoms with van der Waals surface area (Å²) in [5.74, 6) is 0.140. The van der Waals surface area contributed by atoms with E-state index in [4.69, 9.17) is 16.3 Å². The molecule has 1 aliphatic rings. The average Bonchev–Trinajstić information content (AvgIpc) is 2.70. The first-order valence-corrected chi connectivity index (χ1v) is 9.61. The number of nitrogens with one attached hydrogen (secondary N) is 1. The van der Waals surface area contributed by atoms with Gasteiger partial charge in [-0.1, -0.05) is 17.7 Å². The molecule has 0 saturated carbocycles. The Bertz CT molecular complexity index is 913. The second kappa shape index (κ2) is 9.11. The van der Waals surface area contributed by atoms with Gasteiger partial charge in [-0.05, 0) is 30.7 Å². The van der Waals surface area contributed by atoms with Gasteiger partial charge in [-0.25, -0.2) is 0 Å². The topological polar surface area (TPSA) is 87.9 Å². The van der Waals surface area contributed by atoms with Crippen molar-refractivity contribution in [2.24, 2.45) is 0 Å². The van der Waals surface area contributed by atoms with Gasteiger partial charge in [0.1, 0.15) is 5.75 Å². The molecule has 9 heteroatoms. The number of carbonyl (C=O) groups is 1. The predicted octanol–water partition coefficient (Wildman–Crippen LogP) is 3.33. The molecule has 1 fully saturated rings. The number of ether oxygens (including phenoxy) is 1. The first-order valence-electron chi connectivity index (χ1n) is 9.23. The highest BCUT2D eigenvalue weighted by Crippen LogP contribution is 2.29. The van der Waals surface area contributed by atoms with Crippen LogP contribution in [0, 0.1) is 17.0 Å². The molecule has 1 N–H and O–H groups in total. The standard InChI is InChI=1S/C20H23ClN4O4/c1-14-3-4-15(21)11-18(14)24-9-7-23(8-10-24)13-20(26)22-17-12-16(25(27)28)5-6-19(17)29-2/h3-6,11-12H,7-10,13H2,1-2H3,(H,22,26). The summed E-state index contributed by atoms with van der Waals surface area (Å²) in [6.07, 6.45) is 0. The number of anilines is 2. The maximum atomic E-state index is 12.5. The number of nitro groups is 1. The quantitative estimate of drug-likeness (QED) is 0.572. The number of amides is 1. The van der Waals surface area contributed by atoms with Crippen LogP contribution in [-0.2, 0) is 4.79 Å². The molecule has 1 heterocycles. The number of hydrogen-bond donors (Lipinski definition) is 1. The van der Waals surface area contributed by atoms with E-state index in [2.05, 4.69) is 22.0 Å². The highest BCUT2D eigenvalue weighted by molar-refractivity contribution is 6.30. The third-order valence-electron chi connectivity index (χ3n) is 4.92. The zero-order chi connectivity index (χ0) is 21.0. The van der Waals surface area contributed by atoms with Gasteiger partial charge in [-0.3, -0.25) is 19.8 Å². The third-order valence-corrected chi connectivity index (χ3v) is 5.15. The average molecular weight is 419 g/mol. The van der Waals surface area contributed by atoms with E-state index in [9.17, 15) is 14.9 Å². The van der Waals surface area contributed by atoms with Crippen LogP contribution in [0.4, 0.5) is 17.1 Å². The molecular weight excluding hydrogens is 396 g/mol. The van der Waals surface area contributed by atoms with E-state index in [1.54, 1.807) is 0 Å². The summed E-state index contributed by atoms with van der Waals surface area (Å²) in [6, 6.07) is 9.96. The highest BCUT2D eigenvalue weighted by Gasteiger charge is 2.21. The molecule has 0 aromatic heterocycles. The van der Waals surface area contributed by atoms with Gasteiger partial charge in [0.05, 0.1) is 24.3 Å². The van der Waals surface area contributed by atoms with Gasteiger partial charge < -0.3 is 15.0 Å². The van der Waals surface area contributed by atoms with Crippen LogP contribution in [0.15, 0.2) is 36.4 Å². The molecular formula is C20H23ClN4O4. The van der Waals surface area contributed by atoms with Crippen molar-refractivity contribution in [2.75, 3.05) is 50.1 Å². The molecule has 154 valence electrons. The van der Waals surface area contributed by atoms with Crippen LogP contribution in [0.25, 0.3) is 0 Å². The fraction of sp³-hybridized carbons (Fsp3) is 0.350. The largest absolute Gasteiger partial charge is 0.495 e. The maximum Gasteiger partial charge on any atom is 0.271 e. The van der Waals surface area contributed by atoms with E-state index in [0.717, 1.165) is 31.9 Å². The first kappa shape index (κ1) is 20.9. The van der Waals surface area contributed by atoms with E-state index >= 15 is 0 Å². The molecule has 0 atom stereocenters. The SMILES string of the molecule is COc1ccc([N+](=O)[O-])cc1NC(=O)CN1CCN(c2cc(Cl)ccc2C)CC1. The van der Waals surface area contributed by atoms with Gasteiger partial charge >= 0.3 is 0 Å². The molecule has 0 radical (unpaired) electrons. The molecule has 2 aromatic rings. The van der Waals surface area contributed by atoms with Crippen LogP contribution in [-0.4, -0.2) is 55.6 Å². The van der Waals surface area contributed by atoms with Crippen molar-refractivity contribution in [2.45, 2.75) is 6.92 Å². The predicted molar refractivity (Wildman–Crippen MR) is 113 cm³/mol. The van der Waals surface area contributed by atoms with Gasteiger partial charge in [0.25, 0.3) is 5.69 Å². The lowest BCUT2D eigenvalue weighted by molar-refractivity contribution is -0.384. The lowest BCUT2D eigenvalue weighted by atomic mass is 10.1. The first-order chi connectivity index (χ1) is 13.9. The van der Waals surface area contributed by atoms with E-state index in [-0.39, 0.29) is 18.1 Å². The van der Waals surface area contributed by atoms with Gasteiger partial charge in [0.2, 0.25) is 5.91 Å². The molecule has 1 aliphatic heterocycles. The fourth-order valence-corrected chi connectivity index (χ4v) is 3.54. The second-order valence-corrected chi connectivity index (χ2v) is 7.32. The number of halogens is 1. The number of carbonyl (C=O) groups excluding carboxylic acids is 1. The molecule has 8 nitrogen and oxygen atoms in total. The molecule has 29 heavy (non-hydrogen) atoms. The Labute approximate surface area is 174 Å². The van der Waals surface area contributed by atoms with E-state index in [0.29, 0.717) is 16.5 Å². The lowest BCUT2D eigenvalue weighted by Gasteiger charge is -2.36. The Kier molecular flexibility index (Phi) is 6.56. The number of piperazine rings is 1. The maximum absolute atomic E-state index is 12.5. The zero-order valence-corrected chi connectivity index (χ0v) is 17.1. The van der Waals surface area contributed by atoms with Crippen molar-refractivity contribution in [3.05, 3.63) is 57.1 Å². The summed E-state index contributed by atoms with van der Waals surface area (Å²) in [7, 11) is 1.45. The lowest BCUT2D eigenvalue weighted by Crippen LogP contribution is -2.48. The molecule has 3 rings (SSSR count). The molecule has 0 aliphatic carbocycles. The molecule has 0 unspecified atom stereocenters. The van der Waals surface area contributed by atoms with Crippen LogP contribution >= 0.6 is 11.6 Å². The summed E-state index contributed by atoms with van der Waals surface area (Å²) in [5, 5.41) is 14.4. The number of aryl methyl sites for hydroxylation is 1. The zero-order valence-electron chi connectivity index (χ0n) is 16.4. The van der Waals surface area contributed by atoms with Gasteiger partial charge in [0.15, 0.2) is 0 Å². The minimum Gasteiger partial charge on any atom is -0.495 e. The number of methoxy groups -OCH3 is 1. The summed E-state index contributed by atoms with van der Waals surface area (Å²) < 4.78 is 5.19. The van der Waals surface area contributed by atoms with Crippen molar-refractivity contribution in [1.29, 1.82) is 0 Å². The third kappa shape index (κ3) is 5.16. The number of rotatable bonds is 6. The number of nitro benzene ring substituents is 1. The fourth-order valence-electron chi connectivity index (χ4n) is 3.37. The Morgan fingerprint density at radius 2 is 1.93 bits per heavy atom. The smallest absolute Gasteiger partial charge is 0.271 e. The Morgan fingerprint density at radius 1 is 1.21 bits per heavy atom. The Hall–Kier alpha value is -2.84. The van der Waals surface area contributed by atoms with E-state index in [1.165, 1.54) is 30.9 Å². The van der Waals surface area contributed by atoms with Crippen LogP contribution < -0.4 is 15.0 Å². The normalized spacial score (nSPS) is 14.5. The molecule has 1 saturated heterocycles. The summed E-state index contributed by atoms with van der Waals surface area (Å²) in [5.41, 5.74) is 2.47. The molecule has 1 amide bonds. The minimum atomic E-state index is -0.508. The monoisotopic (exact) mass is 418 g/mol. The van der Waals surface area contributed by atoms with Gasteiger partial charge in [-0.15, -0.1) is 0 Å². The highest BCUT2D eigenvalue weighted by atomic mass is 35.5. The number of non-ortho nitro benzene ring substituents is 1.